The summed E-state index contributed by atoms with van der Waals surface area (Å²) in [6.07, 6.45) is 0. The number of furan rings is 1. The third-order valence-corrected chi connectivity index (χ3v) is 10.6. The van der Waals surface area contributed by atoms with E-state index in [2.05, 4.69) is 176 Å². The van der Waals surface area contributed by atoms with E-state index in [0.29, 0.717) is 0 Å². The zero-order valence-corrected chi connectivity index (χ0v) is 27.4. The molecule has 232 valence electrons. The minimum absolute atomic E-state index is 0.126. The van der Waals surface area contributed by atoms with Gasteiger partial charge >= 0.3 is 0 Å². The minimum atomic E-state index is -0.126. The van der Waals surface area contributed by atoms with Gasteiger partial charge in [-0.15, -0.1) is 0 Å². The van der Waals surface area contributed by atoms with Crippen LogP contribution in [0, 0.1) is 0 Å². The second-order valence-electron chi connectivity index (χ2n) is 13.7. The summed E-state index contributed by atoms with van der Waals surface area (Å²) in [5.41, 5.74) is 12.7. The third-order valence-electron chi connectivity index (χ3n) is 10.6. The van der Waals surface area contributed by atoms with Crippen LogP contribution in [0.3, 0.4) is 0 Å². The smallest absolute Gasteiger partial charge is 0.159 e. The lowest BCUT2D eigenvalue weighted by Gasteiger charge is -2.27. The molecule has 0 fully saturated rings. The van der Waals surface area contributed by atoms with Gasteiger partial charge in [-0.2, -0.15) is 0 Å². The van der Waals surface area contributed by atoms with E-state index in [1.165, 1.54) is 54.9 Å². The molecule has 0 aliphatic heterocycles. The first-order valence-electron chi connectivity index (χ1n) is 17.0. The maximum atomic E-state index is 6.63. The molecular weight excluding hydrogens is 595 g/mol. The monoisotopic (exact) mass is 627 g/mol. The Hall–Kier alpha value is -6.12. The summed E-state index contributed by atoms with van der Waals surface area (Å²) in [4.78, 5) is 2.36. The Kier molecular flexibility index (Phi) is 5.95. The summed E-state index contributed by atoms with van der Waals surface area (Å²) >= 11 is 0. The molecule has 10 rings (SSSR count). The summed E-state index contributed by atoms with van der Waals surface area (Å²) in [6.45, 7) is 4.76. The van der Waals surface area contributed by atoms with E-state index in [1.807, 2.05) is 6.07 Å². The van der Waals surface area contributed by atoms with Crippen molar-refractivity contribution in [1.29, 1.82) is 0 Å². The van der Waals surface area contributed by atoms with Gasteiger partial charge in [0.25, 0.3) is 0 Å². The Balaban J connectivity index is 1.20. The van der Waals surface area contributed by atoms with Crippen LogP contribution in [-0.4, -0.2) is 0 Å². The van der Waals surface area contributed by atoms with Crippen LogP contribution in [0.2, 0.25) is 0 Å². The molecule has 1 aliphatic carbocycles. The van der Waals surface area contributed by atoms with Crippen molar-refractivity contribution in [2.24, 2.45) is 0 Å². The fourth-order valence-electron chi connectivity index (χ4n) is 8.35. The highest BCUT2D eigenvalue weighted by molar-refractivity contribution is 6.11. The molecule has 0 unspecified atom stereocenters. The Morgan fingerprint density at radius 1 is 0.490 bits per heavy atom. The topological polar surface area (TPSA) is 16.4 Å². The van der Waals surface area contributed by atoms with Gasteiger partial charge in [-0.05, 0) is 91.3 Å². The molecule has 9 aromatic rings. The highest BCUT2D eigenvalue weighted by Crippen LogP contribution is 2.54. The highest BCUT2D eigenvalue weighted by Gasteiger charge is 2.38. The van der Waals surface area contributed by atoms with Crippen molar-refractivity contribution in [2.75, 3.05) is 4.90 Å². The predicted molar refractivity (Wildman–Crippen MR) is 206 cm³/mol. The molecule has 2 heteroatoms. The van der Waals surface area contributed by atoms with Crippen LogP contribution in [0.15, 0.2) is 168 Å². The van der Waals surface area contributed by atoms with Gasteiger partial charge in [-0.1, -0.05) is 141 Å². The van der Waals surface area contributed by atoms with Crippen molar-refractivity contribution in [3.63, 3.8) is 0 Å². The van der Waals surface area contributed by atoms with Crippen LogP contribution in [0.5, 0.6) is 0 Å². The standard InChI is InChI=1S/C47H33NO/c1-47(2)41-27-23-31-14-6-7-17-36(31)44(41)40-25-22-33-29-35(24-26-37(33)45(40)47)48(34-16-10-15-32(28-34)30-12-4-3-5-13-30)42-20-11-19-39-38-18-8-9-21-43(38)49-46(39)42/h3-29H,1-2H3. The van der Waals surface area contributed by atoms with Gasteiger partial charge in [0.15, 0.2) is 5.58 Å². The second-order valence-corrected chi connectivity index (χ2v) is 13.7. The molecule has 0 radical (unpaired) electrons. The van der Waals surface area contributed by atoms with Crippen molar-refractivity contribution in [2.45, 2.75) is 19.3 Å². The Morgan fingerprint density at radius 2 is 1.20 bits per heavy atom. The summed E-state index contributed by atoms with van der Waals surface area (Å²) in [5, 5.41) is 7.37. The fourth-order valence-corrected chi connectivity index (χ4v) is 8.35. The van der Waals surface area contributed by atoms with Crippen molar-refractivity contribution in [3.8, 4) is 22.3 Å². The molecule has 0 saturated carbocycles. The molecule has 1 aromatic heterocycles. The Labute approximate surface area is 285 Å². The van der Waals surface area contributed by atoms with E-state index in [9.17, 15) is 0 Å². The van der Waals surface area contributed by atoms with Crippen molar-refractivity contribution >= 4 is 60.5 Å². The normalized spacial score (nSPS) is 13.3. The number of fused-ring (bicyclic) bond motifs is 10. The molecule has 1 aliphatic rings. The van der Waals surface area contributed by atoms with Gasteiger partial charge in [0.1, 0.15) is 5.58 Å². The first-order chi connectivity index (χ1) is 24.1. The Bertz CT molecular complexity index is 2750. The number of para-hydroxylation sites is 2. The minimum Gasteiger partial charge on any atom is -0.454 e. The first-order valence-corrected chi connectivity index (χ1v) is 17.0. The molecule has 0 atom stereocenters. The van der Waals surface area contributed by atoms with Crippen LogP contribution in [0.4, 0.5) is 17.1 Å². The van der Waals surface area contributed by atoms with Crippen LogP contribution in [0.25, 0.3) is 65.7 Å². The van der Waals surface area contributed by atoms with Gasteiger partial charge in [0.05, 0.1) is 5.69 Å². The zero-order chi connectivity index (χ0) is 32.7. The van der Waals surface area contributed by atoms with E-state index in [1.54, 1.807) is 0 Å². The molecule has 49 heavy (non-hydrogen) atoms. The maximum Gasteiger partial charge on any atom is 0.159 e. The number of benzene rings is 8. The summed E-state index contributed by atoms with van der Waals surface area (Å²) < 4.78 is 6.63. The van der Waals surface area contributed by atoms with E-state index in [-0.39, 0.29) is 5.41 Å². The molecular formula is C47H33NO. The number of hydrogen-bond donors (Lipinski definition) is 0. The quantitative estimate of drug-likeness (QED) is 0.193. The van der Waals surface area contributed by atoms with Gasteiger partial charge in [0, 0.05) is 27.6 Å². The molecule has 0 saturated heterocycles. The predicted octanol–water partition coefficient (Wildman–Crippen LogP) is 13.3. The van der Waals surface area contributed by atoms with Gasteiger partial charge in [-0.3, -0.25) is 0 Å². The van der Waals surface area contributed by atoms with Gasteiger partial charge in [0.2, 0.25) is 0 Å². The van der Waals surface area contributed by atoms with Crippen LogP contribution >= 0.6 is 0 Å². The van der Waals surface area contributed by atoms with Crippen LogP contribution in [-0.2, 0) is 5.41 Å². The van der Waals surface area contributed by atoms with E-state index in [0.717, 1.165) is 39.0 Å². The maximum absolute atomic E-state index is 6.63. The van der Waals surface area contributed by atoms with Crippen molar-refractivity contribution in [1.82, 2.24) is 0 Å². The largest absolute Gasteiger partial charge is 0.454 e. The molecule has 0 amide bonds. The number of rotatable bonds is 4. The third kappa shape index (κ3) is 4.14. The zero-order valence-electron chi connectivity index (χ0n) is 27.4. The van der Waals surface area contributed by atoms with E-state index >= 15 is 0 Å². The van der Waals surface area contributed by atoms with Crippen LogP contribution in [0.1, 0.15) is 25.0 Å². The average Bonchev–Trinajstić information content (AvgIpc) is 3.65. The van der Waals surface area contributed by atoms with Gasteiger partial charge in [-0.25, -0.2) is 0 Å². The highest BCUT2D eigenvalue weighted by atomic mass is 16.3. The lowest BCUT2D eigenvalue weighted by Crippen LogP contribution is -2.15. The number of hydrogen-bond acceptors (Lipinski definition) is 2. The van der Waals surface area contributed by atoms with Gasteiger partial charge < -0.3 is 9.32 Å². The lowest BCUT2D eigenvalue weighted by atomic mass is 9.80. The van der Waals surface area contributed by atoms with E-state index < -0.39 is 0 Å². The first kappa shape index (κ1) is 27.9. The molecule has 2 nitrogen and oxygen atoms in total. The SMILES string of the molecule is CC1(C)c2ccc3ccccc3c2-c2ccc3cc(N(c4cccc(-c5ccccc5)c4)c4cccc5c4oc4ccccc45)ccc3c21. The van der Waals surface area contributed by atoms with E-state index in [4.69, 9.17) is 4.42 Å². The fraction of sp³-hybridized carbons (Fsp3) is 0.0638. The van der Waals surface area contributed by atoms with Crippen LogP contribution < -0.4 is 4.90 Å². The average molecular weight is 628 g/mol. The molecule has 0 bridgehead atoms. The summed E-state index contributed by atoms with van der Waals surface area (Å²) in [6, 6.07) is 59.3. The summed E-state index contributed by atoms with van der Waals surface area (Å²) in [5.74, 6) is 0. The van der Waals surface area contributed by atoms with Crippen molar-refractivity contribution < 1.29 is 4.42 Å². The van der Waals surface area contributed by atoms with Crippen molar-refractivity contribution in [3.05, 3.63) is 175 Å². The Morgan fingerprint density at radius 3 is 2.10 bits per heavy atom. The summed E-state index contributed by atoms with van der Waals surface area (Å²) in [7, 11) is 0. The number of nitrogens with zero attached hydrogens (tertiary/aromatic N) is 1. The second kappa shape index (κ2) is 10.4. The molecule has 0 spiro atoms. The molecule has 0 N–H and O–H groups in total. The molecule has 1 heterocycles. The number of anilines is 3. The lowest BCUT2D eigenvalue weighted by molar-refractivity contribution is 0.667. The molecule has 8 aromatic carbocycles.